The summed E-state index contributed by atoms with van der Waals surface area (Å²) in [6, 6.07) is 0. The van der Waals surface area contributed by atoms with E-state index in [9.17, 15) is 4.79 Å². The molecule has 0 rings (SSSR count). The monoisotopic (exact) mass is 265 g/mol. The fourth-order valence-electron chi connectivity index (χ4n) is 1.00. The molecule has 0 saturated heterocycles. The summed E-state index contributed by atoms with van der Waals surface area (Å²) in [4.78, 5) is 11.2. The van der Waals surface area contributed by atoms with Gasteiger partial charge in [-0.05, 0) is 20.8 Å². The van der Waals surface area contributed by atoms with Crippen LogP contribution in [0, 0.1) is 0 Å². The third-order valence-corrected chi connectivity index (χ3v) is 1.72. The molecule has 0 aromatic rings. The first-order valence-electron chi connectivity index (χ1n) is 6.07. The quantitative estimate of drug-likeness (QED) is 0.639. The van der Waals surface area contributed by atoms with Gasteiger partial charge in [0, 0.05) is 15.1 Å². The first-order chi connectivity index (χ1) is 8.45. The summed E-state index contributed by atoms with van der Waals surface area (Å²) in [5, 5.41) is 2.60. The van der Waals surface area contributed by atoms with E-state index in [-0.39, 0.29) is 1.43 Å². The van der Waals surface area contributed by atoms with Crippen molar-refractivity contribution in [3.8, 4) is 0 Å². The van der Waals surface area contributed by atoms with Crippen molar-refractivity contribution in [3.05, 3.63) is 0 Å². The molecular weight excluding hydrogens is 238 g/mol. The molecule has 0 spiro atoms. The van der Waals surface area contributed by atoms with Crippen molar-refractivity contribution in [2.45, 2.75) is 26.4 Å². The molecular formula is C12H27NO5. The van der Waals surface area contributed by atoms with Gasteiger partial charge in [0.1, 0.15) is 5.60 Å². The Bertz CT molecular complexity index is 221. The number of amides is 1. The summed E-state index contributed by atoms with van der Waals surface area (Å²) < 4.78 is 20.4. The van der Waals surface area contributed by atoms with Crippen LogP contribution in [0.25, 0.3) is 0 Å². The lowest BCUT2D eigenvalue weighted by molar-refractivity contribution is 0.0234. The molecule has 0 saturated carbocycles. The predicted molar refractivity (Wildman–Crippen MR) is 69.9 cm³/mol. The van der Waals surface area contributed by atoms with Gasteiger partial charge >= 0.3 is 6.09 Å². The summed E-state index contributed by atoms with van der Waals surface area (Å²) >= 11 is 0. The van der Waals surface area contributed by atoms with E-state index < -0.39 is 11.7 Å². The van der Waals surface area contributed by atoms with E-state index in [1.54, 1.807) is 7.11 Å². The Kier molecular flexibility index (Phi) is 9.63. The Hall–Kier alpha value is -0.850. The molecule has 6 heteroatoms. The number of hydrogen-bond donors (Lipinski definition) is 1. The highest BCUT2D eigenvalue weighted by Crippen LogP contribution is 2.05. The van der Waals surface area contributed by atoms with Gasteiger partial charge in [-0.25, -0.2) is 4.79 Å². The Morgan fingerprint density at radius 1 is 1.06 bits per heavy atom. The number of alkyl carbamates (subject to hydrolysis) is 1. The highest BCUT2D eigenvalue weighted by Gasteiger charge is 2.15. The van der Waals surface area contributed by atoms with Crippen LogP contribution in [0.2, 0.25) is 0 Å². The van der Waals surface area contributed by atoms with Crippen molar-refractivity contribution in [1.29, 1.82) is 0 Å². The molecule has 6 nitrogen and oxygen atoms in total. The Morgan fingerprint density at radius 3 is 2.17 bits per heavy atom. The SMILES string of the molecule is COCCOCCOCCNC(=O)OC(C)(C)C.[HH]. The molecule has 18 heavy (non-hydrogen) atoms. The molecule has 0 aromatic heterocycles. The zero-order valence-electron chi connectivity index (χ0n) is 11.8. The molecule has 0 aliphatic heterocycles. The largest absolute Gasteiger partial charge is 0.444 e. The summed E-state index contributed by atoms with van der Waals surface area (Å²) in [5.74, 6) is 0. The third kappa shape index (κ3) is 13.2. The predicted octanol–water partition coefficient (Wildman–Crippen LogP) is 1.44. The fraction of sp³-hybridized carbons (Fsp3) is 0.917. The first kappa shape index (κ1) is 17.2. The minimum absolute atomic E-state index is 0. The average molecular weight is 265 g/mol. The van der Waals surface area contributed by atoms with Gasteiger partial charge in [-0.2, -0.15) is 0 Å². The fourth-order valence-corrected chi connectivity index (χ4v) is 1.00. The van der Waals surface area contributed by atoms with Crippen molar-refractivity contribution >= 4 is 6.09 Å². The summed E-state index contributed by atoms with van der Waals surface area (Å²) in [6.45, 7) is 8.49. The number of rotatable bonds is 9. The molecule has 0 aliphatic carbocycles. The molecule has 0 radical (unpaired) electrons. The number of carbonyl (C=O) groups is 1. The number of ether oxygens (including phenoxy) is 4. The van der Waals surface area contributed by atoms with E-state index in [0.29, 0.717) is 39.6 Å². The van der Waals surface area contributed by atoms with Gasteiger partial charge in [-0.15, -0.1) is 0 Å². The number of hydrogen-bond acceptors (Lipinski definition) is 5. The van der Waals surface area contributed by atoms with Gasteiger partial charge in [-0.3, -0.25) is 0 Å². The molecule has 0 atom stereocenters. The minimum atomic E-state index is -0.472. The topological polar surface area (TPSA) is 66.0 Å². The van der Waals surface area contributed by atoms with Crippen LogP contribution in [0.4, 0.5) is 4.79 Å². The van der Waals surface area contributed by atoms with E-state index >= 15 is 0 Å². The first-order valence-corrected chi connectivity index (χ1v) is 6.07. The molecule has 1 N–H and O–H groups in total. The van der Waals surface area contributed by atoms with Crippen LogP contribution in [0.15, 0.2) is 0 Å². The lowest BCUT2D eigenvalue weighted by Crippen LogP contribution is -2.34. The molecule has 1 amide bonds. The van der Waals surface area contributed by atoms with E-state index in [1.807, 2.05) is 20.8 Å². The second kappa shape index (κ2) is 10.1. The van der Waals surface area contributed by atoms with Crippen LogP contribution in [0.1, 0.15) is 22.2 Å². The maximum Gasteiger partial charge on any atom is 0.407 e. The lowest BCUT2D eigenvalue weighted by atomic mass is 10.2. The number of methoxy groups -OCH3 is 1. The highest BCUT2D eigenvalue weighted by atomic mass is 16.6. The van der Waals surface area contributed by atoms with Crippen LogP contribution in [-0.4, -0.2) is 58.4 Å². The van der Waals surface area contributed by atoms with Gasteiger partial charge in [-0.1, -0.05) is 0 Å². The smallest absolute Gasteiger partial charge is 0.407 e. The maximum atomic E-state index is 11.2. The van der Waals surface area contributed by atoms with Crippen molar-refractivity contribution in [2.75, 3.05) is 46.7 Å². The summed E-state index contributed by atoms with van der Waals surface area (Å²) in [6.07, 6.45) is -0.428. The standard InChI is InChI=1S/C12H25NO5.H2/c1-12(2,3)18-11(14)13-5-6-16-9-10-17-8-7-15-4;/h5-10H2,1-4H3,(H,13,14);1H. The molecule has 0 aromatic carbocycles. The third-order valence-electron chi connectivity index (χ3n) is 1.72. The lowest BCUT2D eigenvalue weighted by Gasteiger charge is -2.19. The van der Waals surface area contributed by atoms with Gasteiger partial charge in [0.15, 0.2) is 0 Å². The average Bonchev–Trinajstić information content (AvgIpc) is 2.24. The molecule has 0 fully saturated rings. The Morgan fingerprint density at radius 2 is 1.61 bits per heavy atom. The van der Waals surface area contributed by atoms with E-state index in [0.717, 1.165) is 0 Å². The van der Waals surface area contributed by atoms with Gasteiger partial charge in [0.2, 0.25) is 0 Å². The van der Waals surface area contributed by atoms with Crippen LogP contribution in [-0.2, 0) is 18.9 Å². The Balaban J connectivity index is 0. The van der Waals surface area contributed by atoms with E-state index in [1.165, 1.54) is 0 Å². The van der Waals surface area contributed by atoms with Crippen LogP contribution < -0.4 is 5.32 Å². The molecule has 110 valence electrons. The second-order valence-corrected chi connectivity index (χ2v) is 4.65. The number of carbonyl (C=O) groups excluding carboxylic acids is 1. The summed E-state index contributed by atoms with van der Waals surface area (Å²) in [5.41, 5.74) is -0.472. The minimum Gasteiger partial charge on any atom is -0.444 e. The van der Waals surface area contributed by atoms with E-state index in [2.05, 4.69) is 5.32 Å². The highest BCUT2D eigenvalue weighted by molar-refractivity contribution is 5.67. The molecule has 0 heterocycles. The molecule has 0 unspecified atom stereocenters. The van der Waals surface area contributed by atoms with Crippen LogP contribution in [0.5, 0.6) is 0 Å². The zero-order valence-corrected chi connectivity index (χ0v) is 11.8. The van der Waals surface area contributed by atoms with Crippen molar-refractivity contribution in [2.24, 2.45) is 0 Å². The van der Waals surface area contributed by atoms with E-state index in [4.69, 9.17) is 18.9 Å². The zero-order chi connectivity index (χ0) is 13.9. The van der Waals surface area contributed by atoms with Crippen molar-refractivity contribution in [1.82, 2.24) is 5.32 Å². The molecule has 0 bridgehead atoms. The molecule has 0 aliphatic rings. The van der Waals surface area contributed by atoms with Crippen LogP contribution >= 0.6 is 0 Å². The second-order valence-electron chi connectivity index (χ2n) is 4.65. The number of nitrogens with one attached hydrogen (secondary N) is 1. The maximum absolute atomic E-state index is 11.2. The summed E-state index contributed by atoms with van der Waals surface area (Å²) in [7, 11) is 1.63. The van der Waals surface area contributed by atoms with Crippen molar-refractivity contribution in [3.63, 3.8) is 0 Å². The van der Waals surface area contributed by atoms with Crippen LogP contribution in [0.3, 0.4) is 0 Å². The Labute approximate surface area is 110 Å². The van der Waals surface area contributed by atoms with Gasteiger partial charge in [0.05, 0.1) is 33.0 Å². The van der Waals surface area contributed by atoms with Crippen molar-refractivity contribution < 1.29 is 25.2 Å². The van der Waals surface area contributed by atoms with Gasteiger partial charge in [0.25, 0.3) is 0 Å². The normalized spacial score (nSPS) is 11.3. The van der Waals surface area contributed by atoms with Gasteiger partial charge < -0.3 is 24.3 Å².